The standard InChI is InChI=1S/C32H37N5O3/c1-22-18-23(2)34-31(38)29(22)21-36(25-12-10-24(11-13-25)20-35-14-16-40-17-15-35)32(39)27-8-5-9-30-28(27)19-33-37(30)26-6-3-4-7-26/h5,8-13,18-19,26H,3-4,6-7,14-17,20-21H2,1-2H3,(H,34,38). The van der Waals surface area contributed by atoms with Gasteiger partial charge in [-0.2, -0.15) is 5.10 Å². The van der Waals surface area contributed by atoms with Crippen LogP contribution in [-0.2, 0) is 17.8 Å². The van der Waals surface area contributed by atoms with E-state index in [0.717, 1.165) is 73.5 Å². The lowest BCUT2D eigenvalue weighted by Crippen LogP contribution is -2.35. The fraction of sp³-hybridized carbons (Fsp3) is 0.406. The van der Waals surface area contributed by atoms with Gasteiger partial charge in [0.25, 0.3) is 11.5 Å². The molecular weight excluding hydrogens is 502 g/mol. The summed E-state index contributed by atoms with van der Waals surface area (Å²) in [6.45, 7) is 8.17. The minimum atomic E-state index is -0.161. The topological polar surface area (TPSA) is 83.5 Å². The molecular formula is C32H37N5O3. The van der Waals surface area contributed by atoms with Crippen molar-refractivity contribution in [2.24, 2.45) is 0 Å². The van der Waals surface area contributed by atoms with Crippen LogP contribution in [-0.4, -0.2) is 51.9 Å². The lowest BCUT2D eigenvalue weighted by atomic mass is 10.1. The summed E-state index contributed by atoms with van der Waals surface area (Å²) in [6.07, 6.45) is 6.49. The maximum atomic E-state index is 14.3. The van der Waals surface area contributed by atoms with E-state index in [1.54, 1.807) is 4.90 Å². The molecule has 6 rings (SSSR count). The van der Waals surface area contributed by atoms with Crippen LogP contribution in [0.25, 0.3) is 10.9 Å². The molecule has 0 bridgehead atoms. The first-order valence-electron chi connectivity index (χ1n) is 14.3. The van der Waals surface area contributed by atoms with E-state index < -0.39 is 0 Å². The minimum Gasteiger partial charge on any atom is -0.379 e. The van der Waals surface area contributed by atoms with Gasteiger partial charge in [-0.3, -0.25) is 19.2 Å². The van der Waals surface area contributed by atoms with Crippen LogP contribution in [0.3, 0.4) is 0 Å². The lowest BCUT2D eigenvalue weighted by molar-refractivity contribution is 0.0342. The van der Waals surface area contributed by atoms with Crippen molar-refractivity contribution in [1.82, 2.24) is 19.7 Å². The van der Waals surface area contributed by atoms with Crippen molar-refractivity contribution < 1.29 is 9.53 Å². The predicted octanol–water partition coefficient (Wildman–Crippen LogP) is 5.14. The van der Waals surface area contributed by atoms with Crippen LogP contribution in [0.1, 0.15) is 64.5 Å². The summed E-state index contributed by atoms with van der Waals surface area (Å²) in [5.41, 5.74) is 5.63. The zero-order valence-corrected chi connectivity index (χ0v) is 23.4. The van der Waals surface area contributed by atoms with E-state index in [9.17, 15) is 9.59 Å². The van der Waals surface area contributed by atoms with Crippen LogP contribution in [0, 0.1) is 13.8 Å². The van der Waals surface area contributed by atoms with Crippen LogP contribution < -0.4 is 10.5 Å². The van der Waals surface area contributed by atoms with E-state index in [-0.39, 0.29) is 18.0 Å². The summed E-state index contributed by atoms with van der Waals surface area (Å²) in [5.74, 6) is -0.142. The normalized spacial score (nSPS) is 16.6. The summed E-state index contributed by atoms with van der Waals surface area (Å²) in [6, 6.07) is 16.3. The van der Waals surface area contributed by atoms with Gasteiger partial charge in [0.2, 0.25) is 0 Å². The summed E-state index contributed by atoms with van der Waals surface area (Å²) in [5, 5.41) is 5.57. The Morgan fingerprint density at radius 2 is 1.82 bits per heavy atom. The van der Waals surface area contributed by atoms with Gasteiger partial charge in [-0.15, -0.1) is 0 Å². The number of aromatic nitrogens is 3. The number of aromatic amines is 1. The van der Waals surface area contributed by atoms with E-state index in [1.807, 2.05) is 50.4 Å². The monoisotopic (exact) mass is 539 g/mol. The van der Waals surface area contributed by atoms with Crippen molar-refractivity contribution in [1.29, 1.82) is 0 Å². The molecule has 2 fully saturated rings. The third-order valence-electron chi connectivity index (χ3n) is 8.36. The van der Waals surface area contributed by atoms with Crippen molar-refractivity contribution in [3.05, 3.63) is 93.0 Å². The Labute approximate surface area is 234 Å². The van der Waals surface area contributed by atoms with Gasteiger partial charge in [0.05, 0.1) is 43.1 Å². The van der Waals surface area contributed by atoms with Gasteiger partial charge in [-0.25, -0.2) is 0 Å². The molecule has 8 nitrogen and oxygen atoms in total. The number of fused-ring (bicyclic) bond motifs is 1. The molecule has 0 atom stereocenters. The highest BCUT2D eigenvalue weighted by Gasteiger charge is 2.25. The second-order valence-corrected chi connectivity index (χ2v) is 11.2. The Kier molecular flexibility index (Phi) is 7.54. The van der Waals surface area contributed by atoms with E-state index in [0.29, 0.717) is 17.2 Å². The minimum absolute atomic E-state index is 0.142. The summed E-state index contributed by atoms with van der Waals surface area (Å²) >= 11 is 0. The smallest absolute Gasteiger partial charge is 0.259 e. The summed E-state index contributed by atoms with van der Waals surface area (Å²) in [7, 11) is 0. The molecule has 208 valence electrons. The molecule has 1 saturated heterocycles. The van der Waals surface area contributed by atoms with Crippen molar-refractivity contribution in [2.75, 3.05) is 31.2 Å². The third kappa shape index (κ3) is 5.33. The molecule has 3 heterocycles. The van der Waals surface area contributed by atoms with Crippen LogP contribution >= 0.6 is 0 Å². The van der Waals surface area contributed by atoms with Crippen molar-refractivity contribution >= 4 is 22.5 Å². The van der Waals surface area contributed by atoms with Gasteiger partial charge in [0.1, 0.15) is 0 Å². The number of carbonyl (C=O) groups is 1. The molecule has 1 amide bonds. The first-order valence-corrected chi connectivity index (χ1v) is 14.3. The molecule has 1 aliphatic heterocycles. The Balaban J connectivity index is 1.36. The number of amides is 1. The molecule has 1 N–H and O–H groups in total. The zero-order valence-electron chi connectivity index (χ0n) is 23.4. The number of nitrogens with zero attached hydrogens (tertiary/aromatic N) is 4. The molecule has 0 spiro atoms. The Hall–Kier alpha value is -3.75. The molecule has 1 aliphatic carbocycles. The number of nitrogens with one attached hydrogen (secondary N) is 1. The van der Waals surface area contributed by atoms with Crippen molar-refractivity contribution in [2.45, 2.75) is 58.7 Å². The molecule has 2 aromatic carbocycles. The SMILES string of the molecule is Cc1cc(C)c(CN(C(=O)c2cccc3c2cnn3C2CCCC2)c2ccc(CN3CCOCC3)cc2)c(=O)[nH]1. The van der Waals surface area contributed by atoms with E-state index in [4.69, 9.17) is 9.84 Å². The number of rotatable bonds is 7. The summed E-state index contributed by atoms with van der Waals surface area (Å²) in [4.78, 5) is 34.4. The Morgan fingerprint density at radius 1 is 1.07 bits per heavy atom. The Bertz CT molecular complexity index is 1560. The fourth-order valence-electron chi connectivity index (χ4n) is 6.16. The molecule has 8 heteroatoms. The van der Waals surface area contributed by atoms with Crippen LogP contribution in [0.15, 0.2) is 59.5 Å². The first kappa shape index (κ1) is 26.5. The molecule has 40 heavy (non-hydrogen) atoms. The number of hydrogen-bond donors (Lipinski definition) is 1. The van der Waals surface area contributed by atoms with Crippen LogP contribution in [0.5, 0.6) is 0 Å². The number of aryl methyl sites for hydroxylation is 2. The zero-order chi connectivity index (χ0) is 27.6. The van der Waals surface area contributed by atoms with Gasteiger partial charge in [0.15, 0.2) is 0 Å². The number of morpholine rings is 1. The van der Waals surface area contributed by atoms with E-state index in [2.05, 4.69) is 32.8 Å². The highest BCUT2D eigenvalue weighted by molar-refractivity contribution is 6.13. The third-order valence-corrected chi connectivity index (χ3v) is 8.36. The predicted molar refractivity (Wildman–Crippen MR) is 157 cm³/mol. The average molecular weight is 540 g/mol. The molecule has 0 radical (unpaired) electrons. The van der Waals surface area contributed by atoms with Gasteiger partial charge < -0.3 is 14.6 Å². The second kappa shape index (κ2) is 11.4. The van der Waals surface area contributed by atoms with Gasteiger partial charge in [0, 0.05) is 42.0 Å². The number of anilines is 1. The highest BCUT2D eigenvalue weighted by Crippen LogP contribution is 2.33. The van der Waals surface area contributed by atoms with Crippen LogP contribution in [0.2, 0.25) is 0 Å². The fourth-order valence-corrected chi connectivity index (χ4v) is 6.16. The molecule has 0 unspecified atom stereocenters. The van der Waals surface area contributed by atoms with E-state index in [1.165, 1.54) is 18.4 Å². The molecule has 2 aromatic heterocycles. The maximum Gasteiger partial charge on any atom is 0.259 e. The number of hydrogen-bond acceptors (Lipinski definition) is 5. The number of carbonyl (C=O) groups excluding carboxylic acids is 1. The highest BCUT2D eigenvalue weighted by atomic mass is 16.5. The molecule has 1 saturated carbocycles. The largest absolute Gasteiger partial charge is 0.379 e. The number of benzene rings is 2. The summed E-state index contributed by atoms with van der Waals surface area (Å²) < 4.78 is 7.58. The number of pyridine rings is 1. The van der Waals surface area contributed by atoms with Crippen molar-refractivity contribution in [3.63, 3.8) is 0 Å². The van der Waals surface area contributed by atoms with Crippen molar-refractivity contribution in [3.8, 4) is 0 Å². The first-order chi connectivity index (χ1) is 19.5. The quantitative estimate of drug-likeness (QED) is 0.352. The molecule has 2 aliphatic rings. The van der Waals surface area contributed by atoms with Gasteiger partial charge in [-0.1, -0.05) is 31.0 Å². The number of ether oxygens (including phenoxy) is 1. The molecule has 4 aromatic rings. The maximum absolute atomic E-state index is 14.3. The number of H-pyrrole nitrogens is 1. The Morgan fingerprint density at radius 3 is 2.55 bits per heavy atom. The average Bonchev–Trinajstić information content (AvgIpc) is 3.64. The van der Waals surface area contributed by atoms with Gasteiger partial charge >= 0.3 is 0 Å². The second-order valence-electron chi connectivity index (χ2n) is 11.2. The van der Waals surface area contributed by atoms with Gasteiger partial charge in [-0.05, 0) is 68.1 Å². The van der Waals surface area contributed by atoms with Crippen LogP contribution in [0.4, 0.5) is 5.69 Å². The lowest BCUT2D eigenvalue weighted by Gasteiger charge is -2.27. The van der Waals surface area contributed by atoms with E-state index >= 15 is 0 Å².